The minimum absolute atomic E-state index is 0.133. The van der Waals surface area contributed by atoms with Crippen LogP contribution in [-0.2, 0) is 10.0 Å². The van der Waals surface area contributed by atoms with Crippen molar-refractivity contribution in [3.05, 3.63) is 46.9 Å². The molecule has 2 aliphatic heterocycles. The van der Waals surface area contributed by atoms with Gasteiger partial charge in [-0.05, 0) is 50.4 Å². The molecular formula is C20H22ClF3N4O2S. The van der Waals surface area contributed by atoms with E-state index in [2.05, 4.69) is 16.9 Å². The quantitative estimate of drug-likeness (QED) is 0.528. The van der Waals surface area contributed by atoms with Gasteiger partial charge in [0, 0.05) is 25.7 Å². The molecule has 0 amide bonds. The van der Waals surface area contributed by atoms with Crippen LogP contribution in [0.1, 0.15) is 12.8 Å². The molecule has 4 rings (SSSR count). The lowest BCUT2D eigenvalue weighted by molar-refractivity contribution is 0.337. The Morgan fingerprint density at radius 3 is 2.52 bits per heavy atom. The smallest absolute Gasteiger partial charge is 0.268 e. The average Bonchev–Trinajstić information content (AvgIpc) is 3.33. The maximum atomic E-state index is 15.0. The first-order chi connectivity index (χ1) is 14.7. The van der Waals surface area contributed by atoms with Crippen LogP contribution < -0.4 is 9.62 Å². The zero-order valence-electron chi connectivity index (χ0n) is 16.8. The molecule has 0 spiro atoms. The third-order valence-corrected chi connectivity index (χ3v) is 7.73. The van der Waals surface area contributed by atoms with Crippen LogP contribution in [0.25, 0.3) is 0 Å². The molecule has 0 saturated carbocycles. The maximum Gasteiger partial charge on any atom is 0.268 e. The molecule has 11 heteroatoms. The van der Waals surface area contributed by atoms with E-state index in [1.807, 2.05) is 4.72 Å². The van der Waals surface area contributed by atoms with Gasteiger partial charge >= 0.3 is 0 Å². The largest absolute Gasteiger partial charge is 0.370 e. The number of pyridine rings is 1. The highest BCUT2D eigenvalue weighted by Gasteiger charge is 2.36. The van der Waals surface area contributed by atoms with E-state index in [4.69, 9.17) is 11.6 Å². The number of aromatic nitrogens is 1. The van der Waals surface area contributed by atoms with E-state index in [1.54, 1.807) is 4.90 Å². The monoisotopic (exact) mass is 474 g/mol. The van der Waals surface area contributed by atoms with Crippen molar-refractivity contribution >= 4 is 33.1 Å². The number of likely N-dealkylation sites (tertiary alicyclic amines) is 1. The standard InChI is InChI=1S/C20H22ClF3N4O2S/c1-27-7-5-12(10-27)13-6-8-28(11-13)15-9-14(22)20(19(24)18(15)21)31(29,30)26-17-4-2-3-16(23)25-17/h2-4,9,12-13H,5-8,10-11H2,1H3,(H,25,26)/t12-,13+/m0/s1. The lowest BCUT2D eigenvalue weighted by Crippen LogP contribution is -2.25. The zero-order chi connectivity index (χ0) is 22.3. The molecule has 2 atom stereocenters. The van der Waals surface area contributed by atoms with Crippen molar-refractivity contribution in [1.82, 2.24) is 9.88 Å². The van der Waals surface area contributed by atoms with Crippen LogP contribution >= 0.6 is 11.6 Å². The average molecular weight is 475 g/mol. The Kier molecular flexibility index (Phi) is 6.06. The lowest BCUT2D eigenvalue weighted by atomic mass is 9.91. The van der Waals surface area contributed by atoms with Crippen LogP contribution in [0.4, 0.5) is 24.7 Å². The maximum absolute atomic E-state index is 15.0. The summed E-state index contributed by atoms with van der Waals surface area (Å²) in [6, 6.07) is 4.34. The Hall–Kier alpha value is -2.04. The number of nitrogens with one attached hydrogen (secondary N) is 1. The minimum Gasteiger partial charge on any atom is -0.370 e. The number of rotatable bonds is 5. The predicted octanol–water partition coefficient (Wildman–Crippen LogP) is 3.73. The van der Waals surface area contributed by atoms with Crippen molar-refractivity contribution in [2.24, 2.45) is 11.8 Å². The van der Waals surface area contributed by atoms with E-state index >= 15 is 0 Å². The molecule has 6 nitrogen and oxygen atoms in total. The molecule has 2 aromatic rings. The van der Waals surface area contributed by atoms with E-state index in [0.717, 1.165) is 44.1 Å². The Morgan fingerprint density at radius 1 is 1.13 bits per heavy atom. The van der Waals surface area contributed by atoms with Crippen LogP contribution in [0.5, 0.6) is 0 Å². The van der Waals surface area contributed by atoms with Crippen molar-refractivity contribution < 1.29 is 21.6 Å². The fourth-order valence-electron chi connectivity index (χ4n) is 4.44. The van der Waals surface area contributed by atoms with E-state index < -0.39 is 43.3 Å². The van der Waals surface area contributed by atoms with Crippen molar-refractivity contribution in [3.63, 3.8) is 0 Å². The summed E-state index contributed by atoms with van der Waals surface area (Å²) in [4.78, 5) is 6.19. The Labute approximate surface area is 184 Å². The van der Waals surface area contributed by atoms with Gasteiger partial charge in [0.05, 0.1) is 5.69 Å². The predicted molar refractivity (Wildman–Crippen MR) is 112 cm³/mol. The van der Waals surface area contributed by atoms with Gasteiger partial charge in [0.1, 0.15) is 16.7 Å². The number of halogens is 4. The van der Waals surface area contributed by atoms with Crippen molar-refractivity contribution in [3.8, 4) is 0 Å². The Morgan fingerprint density at radius 2 is 1.84 bits per heavy atom. The topological polar surface area (TPSA) is 65.5 Å². The molecule has 168 valence electrons. The summed E-state index contributed by atoms with van der Waals surface area (Å²) < 4.78 is 70.1. The third-order valence-electron chi connectivity index (χ3n) is 5.98. The van der Waals surface area contributed by atoms with Gasteiger partial charge in [0.15, 0.2) is 10.7 Å². The lowest BCUT2D eigenvalue weighted by Gasteiger charge is -2.23. The molecule has 2 saturated heterocycles. The number of hydrogen-bond acceptors (Lipinski definition) is 5. The van der Waals surface area contributed by atoms with Gasteiger partial charge in [0.2, 0.25) is 5.95 Å². The van der Waals surface area contributed by atoms with Gasteiger partial charge < -0.3 is 9.80 Å². The zero-order valence-corrected chi connectivity index (χ0v) is 18.4. The van der Waals surface area contributed by atoms with Gasteiger partial charge in [-0.1, -0.05) is 17.7 Å². The summed E-state index contributed by atoms with van der Waals surface area (Å²) in [5, 5.41) is -0.460. The van der Waals surface area contributed by atoms with Crippen molar-refractivity contribution in [2.75, 3.05) is 42.8 Å². The molecule has 0 bridgehead atoms. The van der Waals surface area contributed by atoms with Crippen molar-refractivity contribution in [2.45, 2.75) is 17.7 Å². The number of benzene rings is 1. The molecule has 3 heterocycles. The minimum atomic E-state index is -4.72. The molecule has 1 aromatic carbocycles. The van der Waals surface area contributed by atoms with Gasteiger partial charge in [-0.25, -0.2) is 22.2 Å². The molecule has 0 unspecified atom stereocenters. The molecule has 31 heavy (non-hydrogen) atoms. The van der Waals surface area contributed by atoms with Gasteiger partial charge in [0.25, 0.3) is 10.0 Å². The normalized spacial score (nSPS) is 22.3. The van der Waals surface area contributed by atoms with Crippen LogP contribution in [0.2, 0.25) is 5.02 Å². The SMILES string of the molecule is CN1CC[C@H]([C@@H]2CCN(c3cc(F)c(S(=O)(=O)Nc4cccc(F)n4)c(F)c3Cl)C2)C1. The second-order valence-corrected chi connectivity index (χ2v) is 10.1. The fraction of sp³-hybridized carbons (Fsp3) is 0.450. The second-order valence-electron chi connectivity index (χ2n) is 8.09. The first-order valence-electron chi connectivity index (χ1n) is 9.92. The number of anilines is 2. The van der Waals surface area contributed by atoms with Gasteiger partial charge in [-0.15, -0.1) is 0 Å². The fourth-order valence-corrected chi connectivity index (χ4v) is 5.91. The molecule has 0 aliphatic carbocycles. The molecule has 1 aromatic heterocycles. The molecule has 0 radical (unpaired) electrons. The summed E-state index contributed by atoms with van der Waals surface area (Å²) in [5.74, 6) is -3.09. The Balaban J connectivity index is 1.59. The van der Waals surface area contributed by atoms with Crippen LogP contribution in [0, 0.1) is 29.4 Å². The van der Waals surface area contributed by atoms with Gasteiger partial charge in [-0.3, -0.25) is 4.72 Å². The Bertz CT molecular complexity index is 1100. The van der Waals surface area contributed by atoms with Crippen LogP contribution in [-0.4, -0.2) is 51.5 Å². The highest BCUT2D eigenvalue weighted by molar-refractivity contribution is 7.92. The van der Waals surface area contributed by atoms with Crippen molar-refractivity contribution in [1.29, 1.82) is 0 Å². The van der Waals surface area contributed by atoms with Crippen LogP contribution in [0.3, 0.4) is 0 Å². The second kappa shape index (κ2) is 8.48. The summed E-state index contributed by atoms with van der Waals surface area (Å²) >= 11 is 6.16. The highest BCUT2D eigenvalue weighted by Crippen LogP contribution is 2.39. The summed E-state index contributed by atoms with van der Waals surface area (Å²) in [6.07, 6.45) is 1.97. The number of sulfonamides is 1. The first-order valence-corrected chi connectivity index (χ1v) is 11.8. The highest BCUT2D eigenvalue weighted by atomic mass is 35.5. The number of nitrogens with zero attached hydrogens (tertiary/aromatic N) is 3. The first kappa shape index (κ1) is 22.2. The van der Waals surface area contributed by atoms with E-state index in [9.17, 15) is 21.6 Å². The molecule has 2 aliphatic rings. The van der Waals surface area contributed by atoms with Crippen LogP contribution in [0.15, 0.2) is 29.2 Å². The molecule has 1 N–H and O–H groups in total. The summed E-state index contributed by atoms with van der Waals surface area (Å²) in [6.45, 7) is 3.21. The summed E-state index contributed by atoms with van der Waals surface area (Å²) in [5.41, 5.74) is 0.133. The van der Waals surface area contributed by atoms with E-state index in [0.29, 0.717) is 24.9 Å². The molecule has 2 fully saturated rings. The third kappa shape index (κ3) is 4.47. The summed E-state index contributed by atoms with van der Waals surface area (Å²) in [7, 11) is -2.65. The van der Waals surface area contributed by atoms with E-state index in [1.165, 1.54) is 6.07 Å². The van der Waals surface area contributed by atoms with E-state index in [-0.39, 0.29) is 5.69 Å². The number of hydrogen-bond donors (Lipinski definition) is 1. The molecular weight excluding hydrogens is 453 g/mol. The van der Waals surface area contributed by atoms with Gasteiger partial charge in [-0.2, -0.15) is 4.39 Å².